The molecular formula is C21H21N5O2. The molecule has 3 amide bonds. The summed E-state index contributed by atoms with van der Waals surface area (Å²) in [5.41, 5.74) is 4.68. The summed E-state index contributed by atoms with van der Waals surface area (Å²) < 4.78 is 1.77. The maximum absolute atomic E-state index is 12.8. The summed E-state index contributed by atoms with van der Waals surface area (Å²) in [4.78, 5) is 26.3. The molecule has 0 atom stereocenters. The van der Waals surface area contributed by atoms with Gasteiger partial charge in [-0.15, -0.1) is 0 Å². The van der Waals surface area contributed by atoms with Crippen molar-refractivity contribution < 1.29 is 9.59 Å². The molecule has 3 aromatic rings. The zero-order valence-corrected chi connectivity index (χ0v) is 15.8. The Morgan fingerprint density at radius 2 is 1.96 bits per heavy atom. The van der Waals surface area contributed by atoms with Crippen LogP contribution in [0.25, 0.3) is 5.69 Å². The van der Waals surface area contributed by atoms with E-state index in [2.05, 4.69) is 15.7 Å². The zero-order valence-electron chi connectivity index (χ0n) is 15.8. The van der Waals surface area contributed by atoms with Crippen LogP contribution in [0.2, 0.25) is 0 Å². The van der Waals surface area contributed by atoms with E-state index in [1.54, 1.807) is 27.9 Å². The fourth-order valence-corrected chi connectivity index (χ4v) is 3.34. The van der Waals surface area contributed by atoms with Gasteiger partial charge >= 0.3 is 6.03 Å². The molecule has 1 aliphatic rings. The molecule has 28 heavy (non-hydrogen) atoms. The standard InChI is InChI=1S/C21H21N5O2/c1-14-6-3-4-9-19(14)26-15(2)18(13-23-26)20(27)24-16-7-5-8-17(12-16)25-11-10-22-21(25)28/h3-9,12-13H,10-11H2,1-2H3,(H,22,28)(H,24,27). The van der Waals surface area contributed by atoms with Crippen LogP contribution in [0.15, 0.2) is 54.7 Å². The van der Waals surface area contributed by atoms with E-state index in [4.69, 9.17) is 0 Å². The number of aryl methyl sites for hydroxylation is 1. The maximum atomic E-state index is 12.8. The van der Waals surface area contributed by atoms with Crippen molar-refractivity contribution in [2.45, 2.75) is 13.8 Å². The van der Waals surface area contributed by atoms with E-state index < -0.39 is 0 Å². The Morgan fingerprint density at radius 1 is 1.14 bits per heavy atom. The smallest absolute Gasteiger partial charge is 0.321 e. The minimum Gasteiger partial charge on any atom is -0.336 e. The van der Waals surface area contributed by atoms with Crippen LogP contribution in [0.3, 0.4) is 0 Å². The van der Waals surface area contributed by atoms with E-state index in [1.807, 2.05) is 50.2 Å². The van der Waals surface area contributed by atoms with E-state index >= 15 is 0 Å². The highest BCUT2D eigenvalue weighted by atomic mass is 16.2. The monoisotopic (exact) mass is 375 g/mol. The molecule has 142 valence electrons. The summed E-state index contributed by atoms with van der Waals surface area (Å²) in [7, 11) is 0. The number of hydrogen-bond acceptors (Lipinski definition) is 3. The van der Waals surface area contributed by atoms with Gasteiger partial charge in [-0.25, -0.2) is 9.48 Å². The zero-order chi connectivity index (χ0) is 19.7. The van der Waals surface area contributed by atoms with Gasteiger partial charge in [0.2, 0.25) is 0 Å². The van der Waals surface area contributed by atoms with E-state index in [1.165, 1.54) is 0 Å². The lowest BCUT2D eigenvalue weighted by Gasteiger charge is -2.15. The van der Waals surface area contributed by atoms with Gasteiger partial charge in [0.25, 0.3) is 5.91 Å². The molecule has 0 saturated carbocycles. The lowest BCUT2D eigenvalue weighted by molar-refractivity contribution is 0.102. The number of anilines is 2. The Hall–Kier alpha value is -3.61. The van der Waals surface area contributed by atoms with Crippen LogP contribution in [0.5, 0.6) is 0 Å². The highest BCUT2D eigenvalue weighted by Gasteiger charge is 2.22. The molecular weight excluding hydrogens is 354 g/mol. The van der Waals surface area contributed by atoms with Crippen LogP contribution < -0.4 is 15.5 Å². The Labute approximate surface area is 163 Å². The third-order valence-corrected chi connectivity index (χ3v) is 4.87. The number of nitrogens with one attached hydrogen (secondary N) is 2. The molecule has 0 aliphatic carbocycles. The topological polar surface area (TPSA) is 79.3 Å². The largest absolute Gasteiger partial charge is 0.336 e. The summed E-state index contributed by atoms with van der Waals surface area (Å²) in [5.74, 6) is -0.236. The van der Waals surface area contributed by atoms with Crippen molar-refractivity contribution in [1.29, 1.82) is 0 Å². The molecule has 2 N–H and O–H groups in total. The molecule has 1 fully saturated rings. The number of hydrogen-bond donors (Lipinski definition) is 2. The van der Waals surface area contributed by atoms with Crippen LogP contribution in [0.4, 0.5) is 16.2 Å². The molecule has 1 saturated heterocycles. The minimum absolute atomic E-state index is 0.126. The minimum atomic E-state index is -0.236. The van der Waals surface area contributed by atoms with Crippen molar-refractivity contribution >= 4 is 23.3 Å². The highest BCUT2D eigenvalue weighted by molar-refractivity contribution is 6.05. The maximum Gasteiger partial charge on any atom is 0.321 e. The predicted octanol–water partition coefficient (Wildman–Crippen LogP) is 3.27. The fourth-order valence-electron chi connectivity index (χ4n) is 3.34. The Balaban J connectivity index is 1.57. The van der Waals surface area contributed by atoms with Gasteiger partial charge in [0.15, 0.2) is 0 Å². The fraction of sp³-hybridized carbons (Fsp3) is 0.190. The first-order valence-corrected chi connectivity index (χ1v) is 9.12. The van der Waals surface area contributed by atoms with Gasteiger partial charge in [0.1, 0.15) is 0 Å². The number of carbonyl (C=O) groups is 2. The van der Waals surface area contributed by atoms with Crippen LogP contribution in [0.1, 0.15) is 21.6 Å². The predicted molar refractivity (Wildman–Crippen MR) is 108 cm³/mol. The number of aromatic nitrogens is 2. The van der Waals surface area contributed by atoms with Gasteiger partial charge in [-0.3, -0.25) is 9.69 Å². The number of urea groups is 1. The highest BCUT2D eigenvalue weighted by Crippen LogP contribution is 2.23. The number of nitrogens with zero attached hydrogens (tertiary/aromatic N) is 3. The molecule has 1 aliphatic heterocycles. The van der Waals surface area contributed by atoms with Crippen molar-refractivity contribution in [1.82, 2.24) is 15.1 Å². The molecule has 0 bridgehead atoms. The van der Waals surface area contributed by atoms with E-state index in [9.17, 15) is 9.59 Å². The molecule has 2 heterocycles. The van der Waals surface area contributed by atoms with E-state index in [0.29, 0.717) is 24.3 Å². The SMILES string of the molecule is Cc1ccccc1-n1ncc(C(=O)Nc2cccc(N3CCNC3=O)c2)c1C. The van der Waals surface area contributed by atoms with Crippen molar-refractivity contribution in [2.75, 3.05) is 23.3 Å². The number of amides is 3. The number of carbonyl (C=O) groups excluding carboxylic acids is 2. The van der Waals surface area contributed by atoms with Gasteiger partial charge in [0.05, 0.1) is 23.1 Å². The van der Waals surface area contributed by atoms with Crippen LogP contribution in [-0.2, 0) is 0 Å². The number of benzene rings is 2. The third kappa shape index (κ3) is 3.22. The van der Waals surface area contributed by atoms with Crippen LogP contribution in [0, 0.1) is 13.8 Å². The molecule has 7 heteroatoms. The number of para-hydroxylation sites is 1. The quantitative estimate of drug-likeness (QED) is 0.735. The molecule has 7 nitrogen and oxygen atoms in total. The van der Waals surface area contributed by atoms with E-state index in [0.717, 1.165) is 22.6 Å². The first-order chi connectivity index (χ1) is 13.5. The van der Waals surface area contributed by atoms with Gasteiger partial charge in [0, 0.05) is 24.5 Å². The van der Waals surface area contributed by atoms with Gasteiger partial charge in [-0.1, -0.05) is 24.3 Å². The number of rotatable bonds is 4. The summed E-state index contributed by atoms with van der Waals surface area (Å²) in [6.45, 7) is 5.11. The summed E-state index contributed by atoms with van der Waals surface area (Å²) in [5, 5.41) is 10.1. The average Bonchev–Trinajstić information content (AvgIpc) is 3.28. The van der Waals surface area contributed by atoms with Gasteiger partial charge < -0.3 is 10.6 Å². The summed E-state index contributed by atoms with van der Waals surface area (Å²) in [6, 6.07) is 15.0. The van der Waals surface area contributed by atoms with Crippen molar-refractivity contribution in [3.63, 3.8) is 0 Å². The van der Waals surface area contributed by atoms with Crippen molar-refractivity contribution in [3.05, 3.63) is 71.5 Å². The normalized spacial score (nSPS) is 13.5. The van der Waals surface area contributed by atoms with Crippen LogP contribution >= 0.6 is 0 Å². The average molecular weight is 375 g/mol. The second-order valence-electron chi connectivity index (χ2n) is 6.73. The first-order valence-electron chi connectivity index (χ1n) is 9.12. The first kappa shape index (κ1) is 17.8. The van der Waals surface area contributed by atoms with E-state index in [-0.39, 0.29) is 11.9 Å². The van der Waals surface area contributed by atoms with Gasteiger partial charge in [-0.2, -0.15) is 5.10 Å². The lowest BCUT2D eigenvalue weighted by atomic mass is 10.2. The Morgan fingerprint density at radius 3 is 2.71 bits per heavy atom. The summed E-state index contributed by atoms with van der Waals surface area (Å²) in [6.07, 6.45) is 1.58. The Kier molecular flexibility index (Phi) is 4.57. The Bertz CT molecular complexity index is 1060. The van der Waals surface area contributed by atoms with Crippen LogP contribution in [-0.4, -0.2) is 34.8 Å². The molecule has 0 unspecified atom stereocenters. The molecule has 2 aromatic carbocycles. The second-order valence-corrected chi connectivity index (χ2v) is 6.73. The second kappa shape index (κ2) is 7.19. The third-order valence-electron chi connectivity index (χ3n) is 4.87. The van der Waals surface area contributed by atoms with Crippen molar-refractivity contribution in [3.8, 4) is 5.69 Å². The van der Waals surface area contributed by atoms with Gasteiger partial charge in [-0.05, 0) is 43.7 Å². The molecule has 0 radical (unpaired) electrons. The summed E-state index contributed by atoms with van der Waals surface area (Å²) >= 11 is 0. The van der Waals surface area contributed by atoms with Crippen molar-refractivity contribution in [2.24, 2.45) is 0 Å². The molecule has 0 spiro atoms. The molecule has 1 aromatic heterocycles. The lowest BCUT2D eigenvalue weighted by Crippen LogP contribution is -2.27. The molecule has 4 rings (SSSR count).